The van der Waals surface area contributed by atoms with Crippen LogP contribution in [0.2, 0.25) is 0 Å². The van der Waals surface area contributed by atoms with Crippen molar-refractivity contribution < 1.29 is 28.5 Å². The number of dihydropyridines is 1. The van der Waals surface area contributed by atoms with E-state index >= 15 is 0 Å². The SMILES string of the molecule is COc1ccc([C@@H]2CC(=O)C3=C(C2)NC(C)=C(C(=O)OCC(C)C)[C@@H]3c2ccccc2OC(C)C)cc1OC. The average Bonchev–Trinajstić information content (AvgIpc) is 2.90. The van der Waals surface area contributed by atoms with Crippen LogP contribution in [0.15, 0.2) is 65.0 Å². The number of esters is 1. The van der Waals surface area contributed by atoms with Gasteiger partial charge in [0.2, 0.25) is 0 Å². The van der Waals surface area contributed by atoms with Crippen molar-refractivity contribution in [3.8, 4) is 17.2 Å². The fourth-order valence-electron chi connectivity index (χ4n) is 5.36. The van der Waals surface area contributed by atoms with Crippen LogP contribution in [0.4, 0.5) is 0 Å². The minimum atomic E-state index is -0.588. The Morgan fingerprint density at radius 1 is 0.974 bits per heavy atom. The maximum atomic E-state index is 14.0. The molecular weight excluding hydrogens is 494 g/mol. The van der Waals surface area contributed by atoms with Crippen molar-refractivity contribution in [1.82, 2.24) is 5.32 Å². The summed E-state index contributed by atoms with van der Waals surface area (Å²) in [6, 6.07) is 13.4. The molecule has 0 bridgehead atoms. The third-order valence-corrected chi connectivity index (χ3v) is 7.07. The fraction of sp³-hybridized carbons (Fsp3) is 0.438. The smallest absolute Gasteiger partial charge is 0.336 e. The molecule has 2 atom stereocenters. The Kier molecular flexibility index (Phi) is 8.68. The Hall–Kier alpha value is -3.74. The predicted molar refractivity (Wildman–Crippen MR) is 150 cm³/mol. The summed E-state index contributed by atoms with van der Waals surface area (Å²) >= 11 is 0. The van der Waals surface area contributed by atoms with E-state index in [1.165, 1.54) is 0 Å². The molecule has 2 aromatic carbocycles. The van der Waals surface area contributed by atoms with E-state index in [2.05, 4.69) is 5.32 Å². The van der Waals surface area contributed by atoms with Gasteiger partial charge in [-0.25, -0.2) is 4.79 Å². The molecule has 0 unspecified atom stereocenters. The van der Waals surface area contributed by atoms with Crippen LogP contribution >= 0.6 is 0 Å². The van der Waals surface area contributed by atoms with E-state index in [1.807, 2.05) is 77.1 Å². The van der Waals surface area contributed by atoms with Gasteiger partial charge in [-0.15, -0.1) is 0 Å². The van der Waals surface area contributed by atoms with E-state index in [0.29, 0.717) is 53.5 Å². The van der Waals surface area contributed by atoms with Crippen LogP contribution < -0.4 is 19.5 Å². The highest BCUT2D eigenvalue weighted by Crippen LogP contribution is 2.48. The van der Waals surface area contributed by atoms with E-state index in [-0.39, 0.29) is 23.7 Å². The highest BCUT2D eigenvalue weighted by Gasteiger charge is 2.42. The van der Waals surface area contributed by atoms with Gasteiger partial charge >= 0.3 is 5.97 Å². The van der Waals surface area contributed by atoms with Crippen LogP contribution in [0.3, 0.4) is 0 Å². The third kappa shape index (κ3) is 5.97. The lowest BCUT2D eigenvalue weighted by molar-refractivity contribution is -0.140. The first-order valence-electron chi connectivity index (χ1n) is 13.5. The summed E-state index contributed by atoms with van der Waals surface area (Å²) in [5.41, 5.74) is 4.36. The summed E-state index contributed by atoms with van der Waals surface area (Å²) in [7, 11) is 3.21. The molecule has 1 aliphatic heterocycles. The quantitative estimate of drug-likeness (QED) is 0.393. The number of hydrogen-bond donors (Lipinski definition) is 1. The Morgan fingerprint density at radius 3 is 2.36 bits per heavy atom. The van der Waals surface area contributed by atoms with E-state index in [1.54, 1.807) is 14.2 Å². The van der Waals surface area contributed by atoms with Crippen molar-refractivity contribution in [3.05, 3.63) is 76.1 Å². The molecule has 2 aliphatic rings. The normalized spacial score (nSPS) is 19.2. The Bertz CT molecular complexity index is 1310. The number of para-hydroxylation sites is 1. The summed E-state index contributed by atoms with van der Waals surface area (Å²) in [6.45, 7) is 10.1. The lowest BCUT2D eigenvalue weighted by Crippen LogP contribution is -2.36. The van der Waals surface area contributed by atoms with Crippen molar-refractivity contribution in [2.75, 3.05) is 20.8 Å². The third-order valence-electron chi connectivity index (χ3n) is 7.07. The predicted octanol–water partition coefficient (Wildman–Crippen LogP) is 6.05. The number of Topliss-reactive ketones (excluding diaryl/α,β-unsaturated/α-hetero) is 1. The van der Waals surface area contributed by atoms with Crippen molar-refractivity contribution in [2.24, 2.45) is 5.92 Å². The van der Waals surface area contributed by atoms with E-state index in [9.17, 15) is 9.59 Å². The molecule has 0 radical (unpaired) electrons. The standard InChI is InChI=1S/C32H39NO6/c1-18(2)17-38-32(35)29-20(5)33-24-14-22(21-12-13-27(36-6)28(16-21)37-7)15-25(34)31(24)30(29)23-10-8-9-11-26(23)39-19(3)4/h8-13,16,18-19,22,30,33H,14-15,17H2,1-7H3/t22-,30-/m0/s1. The largest absolute Gasteiger partial charge is 0.493 e. The molecule has 0 fully saturated rings. The lowest BCUT2D eigenvalue weighted by atomic mass is 9.71. The van der Waals surface area contributed by atoms with E-state index < -0.39 is 11.9 Å². The number of carbonyl (C=O) groups is 2. The Labute approximate surface area is 231 Å². The second kappa shape index (κ2) is 12.0. The molecule has 1 N–H and O–H groups in total. The molecule has 2 aromatic rings. The van der Waals surface area contributed by atoms with Crippen LogP contribution in [0.25, 0.3) is 0 Å². The summed E-state index contributed by atoms with van der Waals surface area (Å²) in [6.07, 6.45) is 0.859. The van der Waals surface area contributed by atoms with Crippen molar-refractivity contribution in [1.29, 1.82) is 0 Å². The summed E-state index contributed by atoms with van der Waals surface area (Å²) in [5, 5.41) is 3.42. The van der Waals surface area contributed by atoms with Gasteiger partial charge in [0.05, 0.1) is 38.4 Å². The molecule has 0 saturated heterocycles. The number of rotatable bonds is 9. The van der Waals surface area contributed by atoms with Gasteiger partial charge in [-0.3, -0.25) is 4.79 Å². The Morgan fingerprint density at radius 2 is 1.69 bits per heavy atom. The first-order valence-corrected chi connectivity index (χ1v) is 13.5. The molecular formula is C32H39NO6. The zero-order chi connectivity index (χ0) is 28.3. The van der Waals surface area contributed by atoms with Crippen LogP contribution in [0.1, 0.15) is 70.4 Å². The maximum absolute atomic E-state index is 14.0. The maximum Gasteiger partial charge on any atom is 0.336 e. The zero-order valence-electron chi connectivity index (χ0n) is 23.9. The molecule has 39 heavy (non-hydrogen) atoms. The molecule has 4 rings (SSSR count). The van der Waals surface area contributed by atoms with Crippen molar-refractivity contribution in [3.63, 3.8) is 0 Å². The van der Waals surface area contributed by atoms with Gasteiger partial charge in [-0.05, 0) is 62.8 Å². The molecule has 0 spiro atoms. The van der Waals surface area contributed by atoms with Crippen molar-refractivity contribution >= 4 is 11.8 Å². The second-order valence-electron chi connectivity index (χ2n) is 10.8. The average molecular weight is 534 g/mol. The molecule has 208 valence electrons. The van der Waals surface area contributed by atoms with Gasteiger partial charge in [0, 0.05) is 29.0 Å². The minimum Gasteiger partial charge on any atom is -0.493 e. The summed E-state index contributed by atoms with van der Waals surface area (Å²) < 4.78 is 22.8. The Balaban J connectivity index is 1.80. The summed E-state index contributed by atoms with van der Waals surface area (Å²) in [5.74, 6) is 1.06. The van der Waals surface area contributed by atoms with Gasteiger partial charge in [-0.1, -0.05) is 38.1 Å². The van der Waals surface area contributed by atoms with Crippen molar-refractivity contribution in [2.45, 2.75) is 65.4 Å². The number of nitrogens with one attached hydrogen (secondary N) is 1. The number of ketones is 1. The molecule has 0 amide bonds. The number of ether oxygens (including phenoxy) is 4. The van der Waals surface area contributed by atoms with Crippen LogP contribution in [-0.2, 0) is 14.3 Å². The number of methoxy groups -OCH3 is 2. The topological polar surface area (TPSA) is 83.1 Å². The molecule has 0 saturated carbocycles. The zero-order valence-corrected chi connectivity index (χ0v) is 23.9. The van der Waals surface area contributed by atoms with Gasteiger partial charge in [-0.2, -0.15) is 0 Å². The van der Waals surface area contributed by atoms with Gasteiger partial charge in [0.1, 0.15) is 5.75 Å². The fourth-order valence-corrected chi connectivity index (χ4v) is 5.36. The van der Waals surface area contributed by atoms with Gasteiger partial charge < -0.3 is 24.3 Å². The molecule has 1 heterocycles. The minimum absolute atomic E-state index is 0.00505. The molecule has 7 heteroatoms. The first kappa shape index (κ1) is 28.3. The first-order chi connectivity index (χ1) is 18.6. The molecule has 0 aromatic heterocycles. The van der Waals surface area contributed by atoms with Gasteiger partial charge in [0.15, 0.2) is 17.3 Å². The highest BCUT2D eigenvalue weighted by atomic mass is 16.5. The molecule has 1 aliphatic carbocycles. The second-order valence-corrected chi connectivity index (χ2v) is 10.8. The monoisotopic (exact) mass is 533 g/mol. The highest BCUT2D eigenvalue weighted by molar-refractivity contribution is 6.04. The number of hydrogen-bond acceptors (Lipinski definition) is 7. The van der Waals surface area contributed by atoms with Crippen LogP contribution in [0, 0.1) is 5.92 Å². The number of benzene rings is 2. The van der Waals surface area contributed by atoms with Gasteiger partial charge in [0.25, 0.3) is 0 Å². The van der Waals surface area contributed by atoms with Crippen LogP contribution in [-0.4, -0.2) is 38.7 Å². The number of allylic oxidation sites excluding steroid dienone is 3. The molecule has 7 nitrogen and oxygen atoms in total. The summed E-state index contributed by atoms with van der Waals surface area (Å²) in [4.78, 5) is 27.5. The van der Waals surface area contributed by atoms with E-state index in [0.717, 1.165) is 16.8 Å². The number of carbonyl (C=O) groups excluding carboxylic acids is 2. The lowest BCUT2D eigenvalue weighted by Gasteiger charge is -2.37. The van der Waals surface area contributed by atoms with E-state index in [4.69, 9.17) is 18.9 Å². The van der Waals surface area contributed by atoms with Crippen LogP contribution in [0.5, 0.6) is 17.2 Å².